The lowest BCUT2D eigenvalue weighted by Gasteiger charge is -2.07. The summed E-state index contributed by atoms with van der Waals surface area (Å²) in [5, 5.41) is 0. The predicted molar refractivity (Wildman–Crippen MR) is 54.9 cm³/mol. The van der Waals surface area contributed by atoms with E-state index in [0.717, 1.165) is 0 Å². The van der Waals surface area contributed by atoms with Gasteiger partial charge in [-0.1, -0.05) is 12.1 Å². The van der Waals surface area contributed by atoms with E-state index in [9.17, 15) is 13.2 Å². The highest BCUT2D eigenvalue weighted by molar-refractivity contribution is 7.92. The Morgan fingerprint density at radius 2 is 2.00 bits per heavy atom. The third-order valence-corrected chi connectivity index (χ3v) is 3.02. The number of carbonyl (C=O) groups excluding carboxylic acids is 1. The van der Waals surface area contributed by atoms with E-state index in [1.54, 1.807) is 24.3 Å². The fourth-order valence-corrected chi connectivity index (χ4v) is 1.60. The van der Waals surface area contributed by atoms with Crippen LogP contribution in [-0.4, -0.2) is 20.5 Å². The van der Waals surface area contributed by atoms with Crippen LogP contribution in [0.2, 0.25) is 0 Å². The number of benzene rings is 1. The van der Waals surface area contributed by atoms with E-state index in [1.165, 1.54) is 6.92 Å². The average molecular weight is 213 g/mol. The van der Waals surface area contributed by atoms with Crippen LogP contribution in [0.25, 0.3) is 0 Å². The summed E-state index contributed by atoms with van der Waals surface area (Å²) in [5.41, 5.74) is 0.661. The third-order valence-electron chi connectivity index (χ3n) is 1.73. The van der Waals surface area contributed by atoms with Crippen molar-refractivity contribution in [3.8, 4) is 0 Å². The molecule has 5 heteroatoms. The number of hydrogen-bond acceptors (Lipinski definition) is 3. The number of para-hydroxylation sites is 1. The Morgan fingerprint density at radius 3 is 2.57 bits per heavy atom. The van der Waals surface area contributed by atoms with Gasteiger partial charge in [-0.05, 0) is 19.1 Å². The second-order valence-corrected chi connectivity index (χ2v) is 4.72. The Hall–Kier alpha value is -1.36. The Morgan fingerprint density at radius 1 is 1.36 bits per heavy atom. The lowest BCUT2D eigenvalue weighted by molar-refractivity contribution is 0.112. The first-order chi connectivity index (χ1) is 6.59. The van der Waals surface area contributed by atoms with Gasteiger partial charge in [0.25, 0.3) is 0 Å². The smallest absolute Gasteiger partial charge is 0.232 e. The summed E-state index contributed by atoms with van der Waals surface area (Å²) in [6.07, 6.45) is 0.619. The van der Waals surface area contributed by atoms with Gasteiger partial charge in [-0.3, -0.25) is 9.52 Å². The summed E-state index contributed by atoms with van der Waals surface area (Å²) in [4.78, 5) is 10.6. The molecule has 0 aliphatic carbocycles. The van der Waals surface area contributed by atoms with Crippen LogP contribution in [0.5, 0.6) is 0 Å². The summed E-state index contributed by atoms with van der Waals surface area (Å²) in [6.45, 7) is 1.53. The van der Waals surface area contributed by atoms with Gasteiger partial charge in [-0.25, -0.2) is 8.42 Å². The Bertz CT molecular complexity index is 425. The predicted octanol–water partition coefficient (Wildman–Crippen LogP) is 1.26. The van der Waals surface area contributed by atoms with Crippen molar-refractivity contribution in [3.63, 3.8) is 0 Å². The normalized spacial score (nSPS) is 10.9. The molecule has 0 radical (unpaired) electrons. The van der Waals surface area contributed by atoms with Crippen LogP contribution < -0.4 is 4.72 Å². The monoisotopic (exact) mass is 213 g/mol. The maximum atomic E-state index is 11.2. The first-order valence-electron chi connectivity index (χ1n) is 4.13. The first-order valence-corrected chi connectivity index (χ1v) is 5.79. The fourth-order valence-electron chi connectivity index (χ4n) is 0.932. The van der Waals surface area contributed by atoms with Crippen LogP contribution in [0.1, 0.15) is 17.3 Å². The molecule has 1 rings (SSSR count). The first kappa shape index (κ1) is 10.7. The number of hydrogen-bond donors (Lipinski definition) is 1. The van der Waals surface area contributed by atoms with E-state index < -0.39 is 10.0 Å². The van der Waals surface area contributed by atoms with Gasteiger partial charge in [0.15, 0.2) is 6.29 Å². The summed E-state index contributed by atoms with van der Waals surface area (Å²) < 4.78 is 24.7. The average Bonchev–Trinajstić information content (AvgIpc) is 2.18. The van der Waals surface area contributed by atoms with E-state index >= 15 is 0 Å². The van der Waals surface area contributed by atoms with Crippen LogP contribution in [0.3, 0.4) is 0 Å². The van der Waals surface area contributed by atoms with Gasteiger partial charge in [-0.2, -0.15) is 0 Å². The molecule has 76 valence electrons. The minimum absolute atomic E-state index is 0.0137. The second-order valence-electron chi connectivity index (χ2n) is 2.71. The van der Waals surface area contributed by atoms with Crippen molar-refractivity contribution in [2.24, 2.45) is 0 Å². The van der Waals surface area contributed by atoms with E-state index in [-0.39, 0.29) is 5.75 Å². The molecule has 4 nitrogen and oxygen atoms in total. The van der Waals surface area contributed by atoms with E-state index in [4.69, 9.17) is 0 Å². The topological polar surface area (TPSA) is 63.2 Å². The van der Waals surface area contributed by atoms with Gasteiger partial charge >= 0.3 is 0 Å². The highest BCUT2D eigenvalue weighted by Gasteiger charge is 2.08. The zero-order valence-corrected chi connectivity index (χ0v) is 8.54. The molecule has 0 heterocycles. The molecular weight excluding hydrogens is 202 g/mol. The van der Waals surface area contributed by atoms with Gasteiger partial charge in [0.2, 0.25) is 10.0 Å². The van der Waals surface area contributed by atoms with Crippen molar-refractivity contribution in [1.29, 1.82) is 0 Å². The van der Waals surface area contributed by atoms with Gasteiger partial charge in [0.05, 0.1) is 11.4 Å². The molecule has 14 heavy (non-hydrogen) atoms. The molecular formula is C9H11NO3S. The third kappa shape index (κ3) is 2.56. The summed E-state index contributed by atoms with van der Waals surface area (Å²) in [6, 6.07) is 6.45. The lowest BCUT2D eigenvalue weighted by atomic mass is 10.2. The zero-order valence-electron chi connectivity index (χ0n) is 7.73. The second kappa shape index (κ2) is 4.23. The minimum atomic E-state index is -3.31. The Labute approximate surface area is 83.0 Å². The number of anilines is 1. The van der Waals surface area contributed by atoms with Crippen molar-refractivity contribution < 1.29 is 13.2 Å². The van der Waals surface area contributed by atoms with E-state index in [2.05, 4.69) is 4.72 Å². The lowest BCUT2D eigenvalue weighted by Crippen LogP contribution is -2.15. The maximum absolute atomic E-state index is 11.2. The van der Waals surface area contributed by atoms with Crippen molar-refractivity contribution in [2.75, 3.05) is 10.5 Å². The molecule has 0 saturated heterocycles. The molecule has 0 fully saturated rings. The fraction of sp³-hybridized carbons (Fsp3) is 0.222. The number of nitrogens with one attached hydrogen (secondary N) is 1. The summed E-state index contributed by atoms with van der Waals surface area (Å²) in [5.74, 6) is -0.0137. The Kier molecular flexibility index (Phi) is 3.24. The zero-order chi connectivity index (χ0) is 10.6. The Balaban J connectivity index is 3.03. The molecule has 0 unspecified atom stereocenters. The van der Waals surface area contributed by atoms with E-state index in [1.807, 2.05) is 0 Å². The highest BCUT2D eigenvalue weighted by Crippen LogP contribution is 2.14. The van der Waals surface area contributed by atoms with Crippen LogP contribution >= 0.6 is 0 Å². The molecule has 1 aromatic carbocycles. The van der Waals surface area contributed by atoms with E-state index in [0.29, 0.717) is 17.5 Å². The van der Waals surface area contributed by atoms with Gasteiger partial charge < -0.3 is 0 Å². The number of rotatable bonds is 4. The maximum Gasteiger partial charge on any atom is 0.232 e. The number of carbonyl (C=O) groups is 1. The largest absolute Gasteiger partial charge is 0.298 e. The van der Waals surface area contributed by atoms with Crippen LogP contribution in [0.15, 0.2) is 24.3 Å². The van der Waals surface area contributed by atoms with Crippen molar-refractivity contribution in [2.45, 2.75) is 6.92 Å². The minimum Gasteiger partial charge on any atom is -0.298 e. The van der Waals surface area contributed by atoms with Crippen LogP contribution in [0.4, 0.5) is 5.69 Å². The standard InChI is InChI=1S/C9H11NO3S/c1-2-14(12,13)10-9-6-4-3-5-8(9)7-11/h3-7,10H,2H2,1H3. The van der Waals surface area contributed by atoms with Crippen molar-refractivity contribution in [1.82, 2.24) is 0 Å². The molecule has 0 aliphatic heterocycles. The van der Waals surface area contributed by atoms with Gasteiger partial charge in [-0.15, -0.1) is 0 Å². The number of aldehydes is 1. The van der Waals surface area contributed by atoms with Gasteiger partial charge in [0, 0.05) is 5.56 Å². The molecule has 0 spiro atoms. The molecule has 0 bridgehead atoms. The number of sulfonamides is 1. The van der Waals surface area contributed by atoms with Crippen LogP contribution in [0, 0.1) is 0 Å². The molecule has 0 saturated carbocycles. The summed E-state index contributed by atoms with van der Waals surface area (Å²) >= 11 is 0. The molecule has 0 amide bonds. The van der Waals surface area contributed by atoms with Gasteiger partial charge in [0.1, 0.15) is 0 Å². The highest BCUT2D eigenvalue weighted by atomic mass is 32.2. The molecule has 0 aliphatic rings. The molecule has 1 N–H and O–H groups in total. The molecule has 0 aromatic heterocycles. The molecule has 1 aromatic rings. The van der Waals surface area contributed by atoms with Crippen molar-refractivity contribution in [3.05, 3.63) is 29.8 Å². The summed E-state index contributed by atoms with van der Waals surface area (Å²) in [7, 11) is -3.31. The molecule has 0 atom stereocenters. The van der Waals surface area contributed by atoms with Crippen molar-refractivity contribution >= 4 is 22.0 Å². The SMILES string of the molecule is CCS(=O)(=O)Nc1ccccc1C=O. The quantitative estimate of drug-likeness (QED) is 0.766. The van der Waals surface area contributed by atoms with Crippen LogP contribution in [-0.2, 0) is 10.0 Å².